The van der Waals surface area contributed by atoms with Crippen LogP contribution in [0.2, 0.25) is 0 Å². The Balaban J connectivity index is 1.81. The van der Waals surface area contributed by atoms with Crippen molar-refractivity contribution in [3.63, 3.8) is 0 Å². The summed E-state index contributed by atoms with van der Waals surface area (Å²) in [5.74, 6) is 1.02. The molecule has 0 aliphatic carbocycles. The molecule has 0 radical (unpaired) electrons. The van der Waals surface area contributed by atoms with Crippen molar-refractivity contribution in [2.24, 2.45) is 0 Å². The Morgan fingerprint density at radius 1 is 0.960 bits per heavy atom. The number of nitrogens with zero attached hydrogens (tertiary/aromatic N) is 5. The van der Waals surface area contributed by atoms with Gasteiger partial charge >= 0.3 is 6.01 Å². The van der Waals surface area contributed by atoms with E-state index in [1.807, 2.05) is 12.1 Å². The Kier molecular flexibility index (Phi) is 5.30. The van der Waals surface area contributed by atoms with Crippen molar-refractivity contribution in [1.29, 1.82) is 0 Å². The molecule has 1 N–H and O–H groups in total. The maximum absolute atomic E-state index is 5.34. The van der Waals surface area contributed by atoms with E-state index < -0.39 is 0 Å². The zero-order chi connectivity index (χ0) is 17.5. The fourth-order valence-corrected chi connectivity index (χ4v) is 2.31. The minimum atomic E-state index is 0.233. The maximum Gasteiger partial charge on any atom is 0.319 e. The first-order valence-corrected chi connectivity index (χ1v) is 7.71. The summed E-state index contributed by atoms with van der Waals surface area (Å²) in [5.41, 5.74) is 2.46. The predicted molar refractivity (Wildman–Crippen MR) is 92.6 cm³/mol. The van der Waals surface area contributed by atoms with Crippen LogP contribution in [-0.2, 0) is 6.42 Å². The van der Waals surface area contributed by atoms with Crippen molar-refractivity contribution < 1.29 is 9.47 Å². The van der Waals surface area contributed by atoms with Gasteiger partial charge in [-0.1, -0.05) is 0 Å². The average molecular weight is 338 g/mol. The third kappa shape index (κ3) is 3.97. The van der Waals surface area contributed by atoms with E-state index in [9.17, 15) is 0 Å². The molecule has 0 aliphatic rings. The van der Waals surface area contributed by atoms with Crippen LogP contribution in [0.4, 0.5) is 5.82 Å². The molecule has 8 nitrogen and oxygen atoms in total. The summed E-state index contributed by atoms with van der Waals surface area (Å²) in [6, 6.07) is 4.20. The van der Waals surface area contributed by atoms with Crippen molar-refractivity contribution in [3.8, 4) is 23.1 Å². The number of aromatic nitrogens is 5. The minimum absolute atomic E-state index is 0.233. The van der Waals surface area contributed by atoms with Crippen LogP contribution in [-0.4, -0.2) is 45.7 Å². The second kappa shape index (κ2) is 8.00. The van der Waals surface area contributed by atoms with Crippen LogP contribution in [0.1, 0.15) is 5.56 Å². The molecule has 0 fully saturated rings. The van der Waals surface area contributed by atoms with Crippen LogP contribution < -0.4 is 14.8 Å². The zero-order valence-corrected chi connectivity index (χ0v) is 14.0. The number of methoxy groups -OCH3 is 2. The lowest BCUT2D eigenvalue weighted by Crippen LogP contribution is -2.09. The molecule has 0 aliphatic heterocycles. The summed E-state index contributed by atoms with van der Waals surface area (Å²) in [6.07, 6.45) is 9.27. The van der Waals surface area contributed by atoms with Crippen LogP contribution in [0.15, 0.2) is 43.1 Å². The molecule has 0 aromatic carbocycles. The molecule has 3 aromatic heterocycles. The van der Waals surface area contributed by atoms with Gasteiger partial charge in [0, 0.05) is 37.5 Å². The highest BCUT2D eigenvalue weighted by Crippen LogP contribution is 2.31. The van der Waals surface area contributed by atoms with Crippen molar-refractivity contribution in [2.45, 2.75) is 6.42 Å². The molecule has 0 unspecified atom stereocenters. The average Bonchev–Trinajstić information content (AvgIpc) is 2.69. The highest BCUT2D eigenvalue weighted by Gasteiger charge is 2.16. The fourth-order valence-electron chi connectivity index (χ4n) is 2.31. The number of pyridine rings is 1. The Bertz CT molecular complexity index is 828. The highest BCUT2D eigenvalue weighted by atomic mass is 16.5. The predicted octanol–water partition coefficient (Wildman–Crippen LogP) is 2.00. The summed E-state index contributed by atoms with van der Waals surface area (Å²) in [7, 11) is 3.04. The molecular weight excluding hydrogens is 320 g/mol. The topological polar surface area (TPSA) is 94.9 Å². The SMILES string of the molecule is COc1ncc(-c2nccnc2NCCc2ccncc2)c(OC)n1. The first kappa shape index (κ1) is 16.6. The third-order valence-electron chi connectivity index (χ3n) is 3.52. The van der Waals surface area contributed by atoms with E-state index in [2.05, 4.69) is 30.2 Å². The Morgan fingerprint density at radius 3 is 2.52 bits per heavy atom. The largest absolute Gasteiger partial charge is 0.480 e. The molecule has 0 spiro atoms. The summed E-state index contributed by atoms with van der Waals surface area (Å²) in [5, 5.41) is 3.30. The fraction of sp³-hybridized carbons (Fsp3) is 0.235. The summed E-state index contributed by atoms with van der Waals surface area (Å²) in [4.78, 5) is 21.1. The van der Waals surface area contributed by atoms with E-state index in [4.69, 9.17) is 9.47 Å². The molecule has 3 rings (SSSR count). The van der Waals surface area contributed by atoms with E-state index in [0.29, 0.717) is 29.5 Å². The third-order valence-corrected chi connectivity index (χ3v) is 3.52. The number of rotatable bonds is 7. The standard InChI is InChI=1S/C17H18N6O2/c1-24-16-13(11-22-17(23-16)25-2)14-15(21-10-9-19-14)20-8-5-12-3-6-18-7-4-12/h3-4,6-7,9-11H,5,8H2,1-2H3,(H,20,21). The quantitative estimate of drug-likeness (QED) is 0.699. The van der Waals surface area contributed by atoms with Crippen LogP contribution in [0.25, 0.3) is 11.3 Å². The normalized spacial score (nSPS) is 10.3. The van der Waals surface area contributed by atoms with Crippen molar-refractivity contribution in [2.75, 3.05) is 26.1 Å². The molecule has 0 saturated heterocycles. The van der Waals surface area contributed by atoms with Crippen molar-refractivity contribution in [1.82, 2.24) is 24.9 Å². The smallest absolute Gasteiger partial charge is 0.319 e. The molecule has 3 aromatic rings. The molecular formula is C17H18N6O2. The van der Waals surface area contributed by atoms with Crippen molar-refractivity contribution >= 4 is 5.82 Å². The number of ether oxygens (including phenoxy) is 2. The van der Waals surface area contributed by atoms with Gasteiger partial charge in [-0.2, -0.15) is 4.98 Å². The summed E-state index contributed by atoms with van der Waals surface area (Å²) >= 11 is 0. The van der Waals surface area contributed by atoms with Gasteiger partial charge in [0.2, 0.25) is 5.88 Å². The first-order valence-electron chi connectivity index (χ1n) is 7.71. The second-order valence-corrected chi connectivity index (χ2v) is 5.07. The number of hydrogen-bond acceptors (Lipinski definition) is 8. The van der Waals surface area contributed by atoms with Gasteiger partial charge in [-0.05, 0) is 24.1 Å². The summed E-state index contributed by atoms with van der Waals surface area (Å²) < 4.78 is 10.4. The lowest BCUT2D eigenvalue weighted by molar-refractivity contribution is 0.353. The van der Waals surface area contributed by atoms with E-state index in [1.54, 1.807) is 31.0 Å². The lowest BCUT2D eigenvalue weighted by Gasteiger charge is -2.12. The summed E-state index contributed by atoms with van der Waals surface area (Å²) in [6.45, 7) is 0.703. The minimum Gasteiger partial charge on any atom is -0.480 e. The van der Waals surface area contributed by atoms with E-state index in [-0.39, 0.29) is 6.01 Å². The molecule has 0 bridgehead atoms. The van der Waals surface area contributed by atoms with Gasteiger partial charge in [-0.25, -0.2) is 9.97 Å². The molecule has 0 amide bonds. The van der Waals surface area contributed by atoms with E-state index >= 15 is 0 Å². The van der Waals surface area contributed by atoms with Gasteiger partial charge < -0.3 is 14.8 Å². The zero-order valence-electron chi connectivity index (χ0n) is 14.0. The van der Waals surface area contributed by atoms with Crippen LogP contribution in [0, 0.1) is 0 Å². The second-order valence-electron chi connectivity index (χ2n) is 5.07. The lowest BCUT2D eigenvalue weighted by atomic mass is 10.2. The highest BCUT2D eigenvalue weighted by molar-refractivity contribution is 5.74. The van der Waals surface area contributed by atoms with E-state index in [0.717, 1.165) is 6.42 Å². The monoisotopic (exact) mass is 338 g/mol. The molecule has 8 heteroatoms. The molecule has 3 heterocycles. The van der Waals surface area contributed by atoms with Gasteiger partial charge in [0.15, 0.2) is 5.82 Å². The molecule has 0 saturated carbocycles. The van der Waals surface area contributed by atoms with Crippen LogP contribution >= 0.6 is 0 Å². The number of nitrogens with one attached hydrogen (secondary N) is 1. The van der Waals surface area contributed by atoms with Crippen LogP contribution in [0.3, 0.4) is 0 Å². The Morgan fingerprint density at radius 2 is 1.76 bits per heavy atom. The van der Waals surface area contributed by atoms with Crippen LogP contribution in [0.5, 0.6) is 11.9 Å². The Hall–Kier alpha value is -3.29. The van der Waals surface area contributed by atoms with Gasteiger partial charge in [0.1, 0.15) is 5.69 Å². The van der Waals surface area contributed by atoms with Gasteiger partial charge in [0.25, 0.3) is 0 Å². The molecule has 128 valence electrons. The van der Waals surface area contributed by atoms with Crippen molar-refractivity contribution in [3.05, 3.63) is 48.7 Å². The van der Waals surface area contributed by atoms with E-state index in [1.165, 1.54) is 19.8 Å². The van der Waals surface area contributed by atoms with Gasteiger partial charge in [-0.15, -0.1) is 0 Å². The Labute approximate surface area is 145 Å². The van der Waals surface area contributed by atoms with Gasteiger partial charge in [-0.3, -0.25) is 9.97 Å². The van der Waals surface area contributed by atoms with Gasteiger partial charge in [0.05, 0.1) is 19.8 Å². The number of anilines is 1. The molecule has 25 heavy (non-hydrogen) atoms. The first-order chi connectivity index (χ1) is 12.3. The maximum atomic E-state index is 5.34. The number of hydrogen-bond donors (Lipinski definition) is 1. The molecule has 0 atom stereocenters.